The Kier molecular flexibility index (Phi) is 3.76. The number of rotatable bonds is 3. The van der Waals surface area contributed by atoms with E-state index in [0.717, 1.165) is 31.6 Å². The Balaban J connectivity index is 1.62. The van der Waals surface area contributed by atoms with Gasteiger partial charge in [0, 0.05) is 19.3 Å². The number of amides is 1. The molecule has 1 amide bonds. The van der Waals surface area contributed by atoms with Gasteiger partial charge < -0.3 is 10.6 Å². The Labute approximate surface area is 144 Å². The SMILES string of the molecule is NC(=O)c1cccc2[nH]n(C3CCN(c4cccnc4)CC3)c(=O)c12. The second-order valence-corrected chi connectivity index (χ2v) is 6.31. The van der Waals surface area contributed by atoms with E-state index in [9.17, 15) is 9.59 Å². The zero-order valence-corrected chi connectivity index (χ0v) is 13.7. The summed E-state index contributed by atoms with van der Waals surface area (Å²) >= 11 is 0. The Hall–Kier alpha value is -3.09. The number of carbonyl (C=O) groups is 1. The third-order valence-electron chi connectivity index (χ3n) is 4.84. The van der Waals surface area contributed by atoms with Gasteiger partial charge in [-0.05, 0) is 37.1 Å². The molecule has 7 heteroatoms. The van der Waals surface area contributed by atoms with Gasteiger partial charge in [0.2, 0.25) is 5.91 Å². The summed E-state index contributed by atoms with van der Waals surface area (Å²) in [7, 11) is 0. The predicted molar refractivity (Wildman–Crippen MR) is 95.8 cm³/mol. The first-order valence-electron chi connectivity index (χ1n) is 8.33. The minimum atomic E-state index is -0.583. The number of primary amides is 1. The van der Waals surface area contributed by atoms with Crippen molar-refractivity contribution >= 4 is 22.5 Å². The summed E-state index contributed by atoms with van der Waals surface area (Å²) < 4.78 is 1.65. The maximum absolute atomic E-state index is 12.8. The van der Waals surface area contributed by atoms with E-state index in [1.165, 1.54) is 0 Å². The molecule has 128 valence electrons. The van der Waals surface area contributed by atoms with Crippen molar-refractivity contribution in [3.63, 3.8) is 0 Å². The minimum Gasteiger partial charge on any atom is -0.370 e. The molecule has 7 nitrogen and oxygen atoms in total. The van der Waals surface area contributed by atoms with Gasteiger partial charge in [-0.3, -0.25) is 19.7 Å². The Morgan fingerprint density at radius 2 is 2.00 bits per heavy atom. The molecule has 3 N–H and O–H groups in total. The number of aromatic nitrogens is 3. The largest absolute Gasteiger partial charge is 0.370 e. The van der Waals surface area contributed by atoms with Crippen LogP contribution < -0.4 is 16.2 Å². The van der Waals surface area contributed by atoms with Gasteiger partial charge in [0.05, 0.1) is 34.4 Å². The molecule has 3 aromatic rings. The predicted octanol–water partition coefficient (Wildman–Crippen LogP) is 1.67. The van der Waals surface area contributed by atoms with E-state index in [-0.39, 0.29) is 17.2 Å². The summed E-state index contributed by atoms with van der Waals surface area (Å²) in [6, 6.07) is 9.16. The number of anilines is 1. The molecule has 2 aromatic heterocycles. The van der Waals surface area contributed by atoms with E-state index in [1.54, 1.807) is 29.1 Å². The van der Waals surface area contributed by atoms with E-state index in [1.807, 2.05) is 18.3 Å². The second kappa shape index (κ2) is 6.08. The third-order valence-corrected chi connectivity index (χ3v) is 4.84. The minimum absolute atomic E-state index is 0.0774. The number of piperidine rings is 1. The van der Waals surface area contributed by atoms with Crippen molar-refractivity contribution in [3.8, 4) is 0 Å². The highest BCUT2D eigenvalue weighted by Crippen LogP contribution is 2.26. The number of benzene rings is 1. The number of aromatic amines is 1. The standard InChI is InChI=1S/C18H19N5O2/c19-17(24)14-4-1-5-15-16(14)18(25)23(21-15)12-6-9-22(10-7-12)13-3-2-8-20-11-13/h1-5,8,11-12,21H,6-7,9-10H2,(H2,19,24). The number of fused-ring (bicyclic) bond motifs is 1. The molecule has 0 unspecified atom stereocenters. The zero-order valence-electron chi connectivity index (χ0n) is 13.7. The lowest BCUT2D eigenvalue weighted by Gasteiger charge is -2.33. The van der Waals surface area contributed by atoms with Gasteiger partial charge in [0.15, 0.2) is 0 Å². The van der Waals surface area contributed by atoms with Gasteiger partial charge in [0.1, 0.15) is 0 Å². The normalized spacial score (nSPS) is 15.6. The van der Waals surface area contributed by atoms with Crippen molar-refractivity contribution in [2.45, 2.75) is 18.9 Å². The lowest BCUT2D eigenvalue weighted by molar-refractivity contribution is 0.100. The number of hydrogen-bond acceptors (Lipinski definition) is 4. The first-order chi connectivity index (χ1) is 12.1. The van der Waals surface area contributed by atoms with Crippen LogP contribution in [-0.4, -0.2) is 33.8 Å². The molecular weight excluding hydrogens is 318 g/mol. The number of carbonyl (C=O) groups excluding carboxylic acids is 1. The van der Waals surface area contributed by atoms with Crippen molar-refractivity contribution < 1.29 is 4.79 Å². The quantitative estimate of drug-likeness (QED) is 0.759. The summed E-state index contributed by atoms with van der Waals surface area (Å²) in [6.45, 7) is 1.70. The molecule has 0 aliphatic carbocycles. The highest BCUT2D eigenvalue weighted by molar-refractivity contribution is 6.05. The Bertz CT molecular complexity index is 968. The van der Waals surface area contributed by atoms with E-state index < -0.39 is 5.91 Å². The van der Waals surface area contributed by atoms with E-state index in [0.29, 0.717) is 10.9 Å². The lowest BCUT2D eigenvalue weighted by atomic mass is 10.0. The van der Waals surface area contributed by atoms with Gasteiger partial charge in [-0.2, -0.15) is 0 Å². The molecule has 4 rings (SSSR count). The molecule has 3 heterocycles. The van der Waals surface area contributed by atoms with Gasteiger partial charge in [-0.25, -0.2) is 4.68 Å². The van der Waals surface area contributed by atoms with Crippen LogP contribution >= 0.6 is 0 Å². The number of nitrogens with one attached hydrogen (secondary N) is 1. The molecule has 0 radical (unpaired) electrons. The topological polar surface area (TPSA) is 97.0 Å². The monoisotopic (exact) mass is 337 g/mol. The Morgan fingerprint density at radius 3 is 2.68 bits per heavy atom. The van der Waals surface area contributed by atoms with Crippen LogP contribution in [0, 0.1) is 0 Å². The van der Waals surface area contributed by atoms with Gasteiger partial charge in [-0.15, -0.1) is 0 Å². The Morgan fingerprint density at radius 1 is 1.20 bits per heavy atom. The summed E-state index contributed by atoms with van der Waals surface area (Å²) in [6.07, 6.45) is 5.30. The van der Waals surface area contributed by atoms with Crippen LogP contribution in [0.15, 0.2) is 47.5 Å². The molecule has 1 aliphatic heterocycles. The first-order valence-corrected chi connectivity index (χ1v) is 8.33. The van der Waals surface area contributed by atoms with Crippen molar-refractivity contribution in [1.29, 1.82) is 0 Å². The third kappa shape index (κ3) is 2.67. The first kappa shape index (κ1) is 15.4. The number of hydrogen-bond donors (Lipinski definition) is 2. The molecule has 25 heavy (non-hydrogen) atoms. The van der Waals surface area contributed by atoms with Crippen LogP contribution in [0.3, 0.4) is 0 Å². The molecular formula is C18H19N5O2. The van der Waals surface area contributed by atoms with Crippen LogP contribution in [0.4, 0.5) is 5.69 Å². The summed E-state index contributed by atoms with van der Waals surface area (Å²) in [5, 5.41) is 3.53. The van der Waals surface area contributed by atoms with Crippen molar-refractivity contribution in [2.75, 3.05) is 18.0 Å². The fourth-order valence-electron chi connectivity index (χ4n) is 3.56. The van der Waals surface area contributed by atoms with Crippen molar-refractivity contribution in [1.82, 2.24) is 14.8 Å². The summed E-state index contributed by atoms with van der Waals surface area (Å²) in [5.41, 5.74) is 7.24. The lowest BCUT2D eigenvalue weighted by Crippen LogP contribution is -2.37. The zero-order chi connectivity index (χ0) is 17.4. The van der Waals surface area contributed by atoms with Crippen LogP contribution in [0.1, 0.15) is 29.2 Å². The van der Waals surface area contributed by atoms with Gasteiger partial charge in [-0.1, -0.05) is 6.07 Å². The van der Waals surface area contributed by atoms with Crippen LogP contribution in [-0.2, 0) is 0 Å². The number of nitrogens with two attached hydrogens (primary N) is 1. The molecule has 0 saturated carbocycles. The average Bonchev–Trinajstić information content (AvgIpc) is 2.99. The maximum Gasteiger partial charge on any atom is 0.275 e. The van der Waals surface area contributed by atoms with Crippen LogP contribution in [0.25, 0.3) is 10.9 Å². The van der Waals surface area contributed by atoms with Crippen molar-refractivity contribution in [2.24, 2.45) is 5.73 Å². The fraction of sp³-hybridized carbons (Fsp3) is 0.278. The molecule has 1 fully saturated rings. The highest BCUT2D eigenvalue weighted by Gasteiger charge is 2.24. The second-order valence-electron chi connectivity index (χ2n) is 6.31. The van der Waals surface area contributed by atoms with Crippen LogP contribution in [0.2, 0.25) is 0 Å². The fourth-order valence-corrected chi connectivity index (χ4v) is 3.56. The van der Waals surface area contributed by atoms with E-state index in [2.05, 4.69) is 15.0 Å². The maximum atomic E-state index is 12.8. The van der Waals surface area contributed by atoms with Crippen molar-refractivity contribution in [3.05, 3.63) is 58.6 Å². The summed E-state index contributed by atoms with van der Waals surface area (Å²) in [5.74, 6) is -0.583. The average molecular weight is 337 g/mol. The number of nitrogens with zero attached hydrogens (tertiary/aromatic N) is 3. The molecule has 0 bridgehead atoms. The van der Waals surface area contributed by atoms with Gasteiger partial charge in [0.25, 0.3) is 5.56 Å². The molecule has 0 spiro atoms. The van der Waals surface area contributed by atoms with E-state index in [4.69, 9.17) is 5.73 Å². The molecule has 1 aliphatic rings. The van der Waals surface area contributed by atoms with E-state index >= 15 is 0 Å². The highest BCUT2D eigenvalue weighted by atomic mass is 16.1. The summed E-state index contributed by atoms with van der Waals surface area (Å²) in [4.78, 5) is 30.8. The number of pyridine rings is 1. The van der Waals surface area contributed by atoms with Gasteiger partial charge >= 0.3 is 0 Å². The molecule has 1 aromatic carbocycles. The molecule has 0 atom stereocenters. The van der Waals surface area contributed by atoms with Crippen LogP contribution in [0.5, 0.6) is 0 Å². The molecule has 1 saturated heterocycles. The number of H-pyrrole nitrogens is 1. The smallest absolute Gasteiger partial charge is 0.275 e.